The number of carbonyl (C=O) groups is 3. The SMILES string of the molecule is CCOC(=O)CN1C(=O)CN(C(=O)/C=C/c2ccc(C)cc2)c2cc(C)c(C)cc21. The van der Waals surface area contributed by atoms with Crippen molar-refractivity contribution in [2.75, 3.05) is 29.5 Å². The van der Waals surface area contributed by atoms with Gasteiger partial charge in [-0.15, -0.1) is 0 Å². The fourth-order valence-corrected chi connectivity index (χ4v) is 3.30. The molecule has 0 spiro atoms. The third-order valence-electron chi connectivity index (χ3n) is 5.12. The number of hydrogen-bond acceptors (Lipinski definition) is 4. The molecular formula is C24H26N2O4. The van der Waals surface area contributed by atoms with E-state index in [4.69, 9.17) is 4.74 Å². The average Bonchev–Trinajstić information content (AvgIpc) is 2.71. The van der Waals surface area contributed by atoms with Crippen LogP contribution in [-0.4, -0.2) is 37.5 Å². The first-order valence-corrected chi connectivity index (χ1v) is 9.93. The van der Waals surface area contributed by atoms with E-state index in [1.165, 1.54) is 15.9 Å². The van der Waals surface area contributed by atoms with E-state index in [2.05, 4.69) is 0 Å². The Morgan fingerprint density at radius 2 is 1.67 bits per heavy atom. The maximum absolute atomic E-state index is 13.0. The quantitative estimate of drug-likeness (QED) is 0.562. The van der Waals surface area contributed by atoms with Crippen LogP contribution in [0.4, 0.5) is 11.4 Å². The summed E-state index contributed by atoms with van der Waals surface area (Å²) in [4.78, 5) is 40.6. The van der Waals surface area contributed by atoms with E-state index in [-0.39, 0.29) is 31.5 Å². The number of ether oxygens (including phenoxy) is 1. The van der Waals surface area contributed by atoms with Crippen molar-refractivity contribution in [3.63, 3.8) is 0 Å². The van der Waals surface area contributed by atoms with E-state index in [1.807, 2.05) is 57.2 Å². The van der Waals surface area contributed by atoms with Crippen LogP contribution >= 0.6 is 0 Å². The summed E-state index contributed by atoms with van der Waals surface area (Å²) >= 11 is 0. The van der Waals surface area contributed by atoms with Crippen LogP contribution in [0.15, 0.2) is 42.5 Å². The van der Waals surface area contributed by atoms with E-state index < -0.39 is 5.97 Å². The Bertz CT molecular complexity index is 1010. The summed E-state index contributed by atoms with van der Waals surface area (Å²) in [5, 5.41) is 0. The van der Waals surface area contributed by atoms with Gasteiger partial charge >= 0.3 is 5.97 Å². The van der Waals surface area contributed by atoms with E-state index in [9.17, 15) is 14.4 Å². The molecule has 2 aromatic rings. The van der Waals surface area contributed by atoms with Gasteiger partial charge in [-0.05, 0) is 62.6 Å². The lowest BCUT2D eigenvalue weighted by Crippen LogP contribution is -2.49. The molecule has 6 nitrogen and oxygen atoms in total. The lowest BCUT2D eigenvalue weighted by atomic mass is 10.0. The van der Waals surface area contributed by atoms with E-state index in [0.717, 1.165) is 22.3 Å². The zero-order chi connectivity index (χ0) is 21.8. The van der Waals surface area contributed by atoms with Crippen molar-refractivity contribution >= 4 is 35.2 Å². The summed E-state index contributed by atoms with van der Waals surface area (Å²) in [5.41, 5.74) is 5.17. The molecule has 0 fully saturated rings. The molecule has 0 atom stereocenters. The monoisotopic (exact) mass is 406 g/mol. The highest BCUT2D eigenvalue weighted by molar-refractivity contribution is 6.15. The predicted molar refractivity (Wildman–Crippen MR) is 117 cm³/mol. The Labute approximate surface area is 176 Å². The second-order valence-electron chi connectivity index (χ2n) is 7.38. The molecule has 2 aromatic carbocycles. The molecule has 0 aromatic heterocycles. The van der Waals surface area contributed by atoms with E-state index >= 15 is 0 Å². The smallest absolute Gasteiger partial charge is 0.326 e. The second kappa shape index (κ2) is 8.95. The zero-order valence-electron chi connectivity index (χ0n) is 17.8. The van der Waals surface area contributed by atoms with Crippen molar-refractivity contribution in [1.29, 1.82) is 0 Å². The molecule has 0 saturated carbocycles. The van der Waals surface area contributed by atoms with Crippen LogP contribution < -0.4 is 9.80 Å². The van der Waals surface area contributed by atoms with Gasteiger partial charge in [0.25, 0.3) is 5.91 Å². The summed E-state index contributed by atoms with van der Waals surface area (Å²) in [7, 11) is 0. The molecular weight excluding hydrogens is 380 g/mol. The van der Waals surface area contributed by atoms with Crippen molar-refractivity contribution in [1.82, 2.24) is 0 Å². The van der Waals surface area contributed by atoms with Gasteiger partial charge in [0.15, 0.2) is 0 Å². The molecule has 0 saturated heterocycles. The zero-order valence-corrected chi connectivity index (χ0v) is 17.8. The number of amides is 2. The molecule has 2 amide bonds. The lowest BCUT2D eigenvalue weighted by Gasteiger charge is -2.36. The fourth-order valence-electron chi connectivity index (χ4n) is 3.30. The first-order chi connectivity index (χ1) is 14.3. The minimum Gasteiger partial charge on any atom is -0.465 e. The van der Waals surface area contributed by atoms with Crippen molar-refractivity contribution in [2.24, 2.45) is 0 Å². The predicted octanol–water partition coefficient (Wildman–Crippen LogP) is 3.57. The van der Waals surface area contributed by atoms with Crippen LogP contribution in [-0.2, 0) is 19.1 Å². The number of aryl methyl sites for hydroxylation is 3. The average molecular weight is 406 g/mol. The highest BCUT2D eigenvalue weighted by Gasteiger charge is 2.33. The van der Waals surface area contributed by atoms with Crippen LogP contribution in [0.2, 0.25) is 0 Å². The molecule has 156 valence electrons. The molecule has 3 rings (SSSR count). The molecule has 30 heavy (non-hydrogen) atoms. The van der Waals surface area contributed by atoms with Crippen LogP contribution in [0.25, 0.3) is 6.08 Å². The minimum absolute atomic E-state index is 0.133. The van der Waals surface area contributed by atoms with Gasteiger partial charge in [-0.1, -0.05) is 29.8 Å². The van der Waals surface area contributed by atoms with Gasteiger partial charge in [0.2, 0.25) is 5.91 Å². The first kappa shape index (κ1) is 21.3. The summed E-state index contributed by atoms with van der Waals surface area (Å²) in [6, 6.07) is 11.5. The fraction of sp³-hybridized carbons (Fsp3) is 0.292. The van der Waals surface area contributed by atoms with Crippen LogP contribution in [0.3, 0.4) is 0 Å². The topological polar surface area (TPSA) is 66.9 Å². The van der Waals surface area contributed by atoms with Crippen molar-refractivity contribution in [2.45, 2.75) is 27.7 Å². The highest BCUT2D eigenvalue weighted by atomic mass is 16.5. The molecule has 0 aliphatic carbocycles. The summed E-state index contributed by atoms with van der Waals surface area (Å²) < 4.78 is 5.01. The molecule has 0 bridgehead atoms. The largest absolute Gasteiger partial charge is 0.465 e. The standard InChI is InChI=1S/C24H26N2O4/c1-5-30-24(29)15-26-21-13-18(4)17(3)12-20(21)25(14-23(26)28)22(27)11-10-19-8-6-16(2)7-9-19/h6-13H,5,14-15H2,1-4H3/b11-10+. The molecule has 0 radical (unpaired) electrons. The maximum atomic E-state index is 13.0. The third kappa shape index (κ3) is 4.59. The second-order valence-corrected chi connectivity index (χ2v) is 7.38. The Morgan fingerprint density at radius 3 is 2.30 bits per heavy atom. The lowest BCUT2D eigenvalue weighted by molar-refractivity contribution is -0.142. The maximum Gasteiger partial charge on any atom is 0.326 e. The third-order valence-corrected chi connectivity index (χ3v) is 5.12. The molecule has 0 unspecified atom stereocenters. The molecule has 1 heterocycles. The van der Waals surface area contributed by atoms with Crippen molar-refractivity contribution in [3.8, 4) is 0 Å². The Hall–Kier alpha value is -3.41. The number of hydrogen-bond donors (Lipinski definition) is 0. The van der Waals surface area contributed by atoms with Crippen LogP contribution in [0.1, 0.15) is 29.2 Å². The molecule has 1 aliphatic rings. The van der Waals surface area contributed by atoms with E-state index in [0.29, 0.717) is 11.4 Å². The van der Waals surface area contributed by atoms with Gasteiger partial charge in [-0.3, -0.25) is 24.2 Å². The van der Waals surface area contributed by atoms with Gasteiger partial charge in [-0.25, -0.2) is 0 Å². The number of benzene rings is 2. The summed E-state index contributed by atoms with van der Waals surface area (Å²) in [6.07, 6.45) is 3.20. The first-order valence-electron chi connectivity index (χ1n) is 9.93. The van der Waals surface area contributed by atoms with Crippen LogP contribution in [0.5, 0.6) is 0 Å². The van der Waals surface area contributed by atoms with Crippen molar-refractivity contribution in [3.05, 3.63) is 64.7 Å². The van der Waals surface area contributed by atoms with Crippen molar-refractivity contribution < 1.29 is 19.1 Å². The number of esters is 1. The molecule has 0 N–H and O–H groups in total. The van der Waals surface area contributed by atoms with Crippen LogP contribution in [0, 0.1) is 20.8 Å². The van der Waals surface area contributed by atoms with Gasteiger partial charge in [-0.2, -0.15) is 0 Å². The van der Waals surface area contributed by atoms with Gasteiger partial charge < -0.3 is 4.74 Å². The summed E-state index contributed by atoms with van der Waals surface area (Å²) in [6.45, 7) is 7.54. The number of fused-ring (bicyclic) bond motifs is 1. The summed E-state index contributed by atoms with van der Waals surface area (Å²) in [5.74, 6) is -1.09. The highest BCUT2D eigenvalue weighted by Crippen LogP contribution is 2.36. The Morgan fingerprint density at radius 1 is 1.03 bits per heavy atom. The number of nitrogens with zero attached hydrogens (tertiary/aromatic N) is 2. The Balaban J connectivity index is 1.93. The number of rotatable bonds is 5. The van der Waals surface area contributed by atoms with Gasteiger partial charge in [0.05, 0.1) is 18.0 Å². The van der Waals surface area contributed by atoms with E-state index in [1.54, 1.807) is 13.0 Å². The number of carbonyl (C=O) groups excluding carboxylic acids is 3. The minimum atomic E-state index is -0.478. The molecule has 6 heteroatoms. The normalized spacial score (nSPS) is 13.5. The number of anilines is 2. The van der Waals surface area contributed by atoms with Gasteiger partial charge in [0, 0.05) is 6.08 Å². The Kier molecular flexibility index (Phi) is 6.35. The van der Waals surface area contributed by atoms with Gasteiger partial charge in [0.1, 0.15) is 13.1 Å². The molecule has 1 aliphatic heterocycles.